The molecule has 0 heterocycles. The summed E-state index contributed by atoms with van der Waals surface area (Å²) < 4.78 is 5.11. The van der Waals surface area contributed by atoms with Crippen molar-refractivity contribution in [2.24, 2.45) is 0 Å². The maximum absolute atomic E-state index is 12.4. The Morgan fingerprint density at radius 2 is 2.05 bits per heavy atom. The fraction of sp³-hybridized carbons (Fsp3) is 0.588. The van der Waals surface area contributed by atoms with Crippen LogP contribution < -0.4 is 15.8 Å². The van der Waals surface area contributed by atoms with Crippen molar-refractivity contribution in [3.05, 3.63) is 23.8 Å². The molecule has 3 N–H and O–H groups in total. The Hall–Kier alpha value is -1.59. The molecule has 1 unspecified atom stereocenters. The van der Waals surface area contributed by atoms with Gasteiger partial charge in [0.15, 0.2) is 5.78 Å². The minimum Gasteiger partial charge on any atom is -0.495 e. The second-order valence-corrected chi connectivity index (χ2v) is 5.38. The number of carbonyl (C=O) groups excluding carboxylic acids is 1. The van der Waals surface area contributed by atoms with Crippen LogP contribution in [0.4, 0.5) is 5.69 Å². The van der Waals surface area contributed by atoms with Crippen LogP contribution in [0, 0.1) is 0 Å². The number of benzene rings is 1. The van der Waals surface area contributed by atoms with Crippen LogP contribution in [-0.4, -0.2) is 50.0 Å². The normalized spacial score (nSPS) is 12.4. The molecule has 0 saturated heterocycles. The maximum Gasteiger partial charge on any atom is 0.179 e. The Morgan fingerprint density at radius 3 is 2.59 bits per heavy atom. The van der Waals surface area contributed by atoms with Gasteiger partial charge in [-0.05, 0) is 57.7 Å². The number of ether oxygens (including phenoxy) is 1. The number of Topliss-reactive ketones (excluding diaryl/α,β-unsaturated/α-hetero) is 1. The van der Waals surface area contributed by atoms with Crippen LogP contribution in [0.3, 0.4) is 0 Å². The lowest BCUT2D eigenvalue weighted by atomic mass is 10.0. The lowest BCUT2D eigenvalue weighted by Gasteiger charge is -2.19. The molecule has 0 amide bonds. The van der Waals surface area contributed by atoms with Gasteiger partial charge in [0, 0.05) is 5.56 Å². The molecule has 0 aliphatic rings. The maximum atomic E-state index is 12.4. The lowest BCUT2D eigenvalue weighted by Crippen LogP contribution is -2.36. The van der Waals surface area contributed by atoms with Gasteiger partial charge in [-0.2, -0.15) is 0 Å². The van der Waals surface area contributed by atoms with Crippen molar-refractivity contribution in [3.8, 4) is 5.75 Å². The molecule has 1 rings (SSSR count). The summed E-state index contributed by atoms with van der Waals surface area (Å²) in [6, 6.07) is 4.95. The van der Waals surface area contributed by atoms with E-state index < -0.39 is 0 Å². The fourth-order valence-corrected chi connectivity index (χ4v) is 2.39. The highest BCUT2D eigenvalue weighted by Gasteiger charge is 2.15. The van der Waals surface area contributed by atoms with E-state index in [1.807, 2.05) is 6.92 Å². The van der Waals surface area contributed by atoms with Gasteiger partial charge in [0.2, 0.25) is 0 Å². The molecule has 1 aromatic carbocycles. The second-order valence-electron chi connectivity index (χ2n) is 5.38. The summed E-state index contributed by atoms with van der Waals surface area (Å²) in [5.74, 6) is 0.647. The quantitative estimate of drug-likeness (QED) is 0.394. The third kappa shape index (κ3) is 5.31. The van der Waals surface area contributed by atoms with Crippen molar-refractivity contribution in [2.45, 2.75) is 33.2 Å². The van der Waals surface area contributed by atoms with Crippen molar-refractivity contribution < 1.29 is 9.53 Å². The van der Waals surface area contributed by atoms with Gasteiger partial charge in [-0.3, -0.25) is 4.79 Å². The van der Waals surface area contributed by atoms with Crippen LogP contribution in [0.2, 0.25) is 0 Å². The molecule has 0 spiro atoms. The Labute approximate surface area is 133 Å². The van der Waals surface area contributed by atoms with Gasteiger partial charge >= 0.3 is 0 Å². The molecule has 0 radical (unpaired) electrons. The smallest absolute Gasteiger partial charge is 0.179 e. The molecule has 22 heavy (non-hydrogen) atoms. The summed E-state index contributed by atoms with van der Waals surface area (Å²) in [5.41, 5.74) is 6.95. The number of nitrogens with one attached hydrogen (secondary N) is 1. The van der Waals surface area contributed by atoms with Crippen molar-refractivity contribution >= 4 is 11.5 Å². The van der Waals surface area contributed by atoms with Gasteiger partial charge in [-0.15, -0.1) is 0 Å². The van der Waals surface area contributed by atoms with Crippen molar-refractivity contribution in [3.63, 3.8) is 0 Å². The van der Waals surface area contributed by atoms with E-state index in [-0.39, 0.29) is 11.8 Å². The molecule has 0 aliphatic heterocycles. The first-order valence-corrected chi connectivity index (χ1v) is 7.96. The monoisotopic (exact) mass is 307 g/mol. The van der Waals surface area contributed by atoms with Gasteiger partial charge in [0.1, 0.15) is 5.75 Å². The van der Waals surface area contributed by atoms with Crippen LogP contribution in [0.1, 0.15) is 37.6 Å². The number of hydrogen-bond donors (Lipinski definition) is 2. The average Bonchev–Trinajstić information content (AvgIpc) is 2.54. The number of nitrogens with zero attached hydrogens (tertiary/aromatic N) is 1. The Balaban J connectivity index is 2.46. The first kappa shape index (κ1) is 18.5. The Bertz CT molecular complexity index is 473. The highest BCUT2D eigenvalue weighted by atomic mass is 16.5. The van der Waals surface area contributed by atoms with Gasteiger partial charge in [-0.25, -0.2) is 0 Å². The van der Waals surface area contributed by atoms with Crippen LogP contribution in [-0.2, 0) is 0 Å². The van der Waals surface area contributed by atoms with Crippen LogP contribution in [0.15, 0.2) is 18.2 Å². The molecule has 1 atom stereocenters. The molecule has 124 valence electrons. The van der Waals surface area contributed by atoms with Gasteiger partial charge in [0.05, 0.1) is 18.8 Å². The predicted octanol–water partition coefficient (Wildman–Crippen LogP) is 2.17. The number of ketones is 1. The number of rotatable bonds is 10. The number of hydrogen-bond acceptors (Lipinski definition) is 5. The topological polar surface area (TPSA) is 67.6 Å². The molecule has 5 nitrogen and oxygen atoms in total. The summed E-state index contributed by atoms with van der Waals surface area (Å²) >= 11 is 0. The molecule has 1 aromatic rings. The molecular formula is C17H29N3O2. The number of anilines is 1. The van der Waals surface area contributed by atoms with E-state index in [1.54, 1.807) is 25.3 Å². The first-order valence-electron chi connectivity index (χ1n) is 7.96. The lowest BCUT2D eigenvalue weighted by molar-refractivity contribution is 0.0950. The number of methoxy groups -OCH3 is 1. The molecule has 0 aromatic heterocycles. The standard InChI is InChI=1S/C17H29N3O2/c1-5-20(6-2)11-7-10-19-13(3)17(21)14-8-9-16(22-4)15(18)12-14/h8-9,12-13,19H,5-7,10-11,18H2,1-4H3. The Morgan fingerprint density at radius 1 is 1.36 bits per heavy atom. The molecule has 5 heteroatoms. The highest BCUT2D eigenvalue weighted by Crippen LogP contribution is 2.22. The summed E-state index contributed by atoms with van der Waals surface area (Å²) in [5, 5.41) is 3.28. The molecule has 0 bridgehead atoms. The third-order valence-electron chi connectivity index (χ3n) is 3.90. The average molecular weight is 307 g/mol. The van der Waals surface area contributed by atoms with E-state index in [0.717, 1.165) is 32.6 Å². The van der Waals surface area contributed by atoms with Crippen molar-refractivity contribution in [1.82, 2.24) is 10.2 Å². The van der Waals surface area contributed by atoms with Crippen LogP contribution >= 0.6 is 0 Å². The molecular weight excluding hydrogens is 278 g/mol. The minimum absolute atomic E-state index is 0.0530. The van der Waals surface area contributed by atoms with Crippen LogP contribution in [0.5, 0.6) is 5.75 Å². The van der Waals surface area contributed by atoms with Crippen molar-refractivity contribution in [2.75, 3.05) is 39.0 Å². The van der Waals surface area contributed by atoms with Gasteiger partial charge in [-0.1, -0.05) is 13.8 Å². The first-order chi connectivity index (χ1) is 10.5. The molecule has 0 aliphatic carbocycles. The van der Waals surface area contributed by atoms with Gasteiger partial charge in [0.25, 0.3) is 0 Å². The van der Waals surface area contributed by atoms with Crippen LogP contribution in [0.25, 0.3) is 0 Å². The van der Waals surface area contributed by atoms with E-state index in [2.05, 4.69) is 24.1 Å². The van der Waals surface area contributed by atoms with E-state index in [0.29, 0.717) is 17.0 Å². The molecule has 0 saturated carbocycles. The largest absolute Gasteiger partial charge is 0.495 e. The number of nitrogen functional groups attached to an aromatic ring is 1. The SMILES string of the molecule is CCN(CC)CCCNC(C)C(=O)c1ccc(OC)c(N)c1. The van der Waals surface area contributed by atoms with E-state index in [9.17, 15) is 4.79 Å². The molecule has 0 fully saturated rings. The van der Waals surface area contributed by atoms with E-state index in [4.69, 9.17) is 10.5 Å². The fourth-order valence-electron chi connectivity index (χ4n) is 2.39. The minimum atomic E-state index is -0.218. The summed E-state index contributed by atoms with van der Waals surface area (Å²) in [6.07, 6.45) is 1.03. The zero-order valence-corrected chi connectivity index (χ0v) is 14.2. The summed E-state index contributed by atoms with van der Waals surface area (Å²) in [6.45, 7) is 10.2. The Kier molecular flexibility index (Phi) is 7.91. The third-order valence-corrected chi connectivity index (χ3v) is 3.90. The predicted molar refractivity (Wildman–Crippen MR) is 91.6 cm³/mol. The van der Waals surface area contributed by atoms with E-state index >= 15 is 0 Å². The zero-order chi connectivity index (χ0) is 16.5. The number of carbonyl (C=O) groups is 1. The summed E-state index contributed by atoms with van der Waals surface area (Å²) in [4.78, 5) is 14.7. The highest BCUT2D eigenvalue weighted by molar-refractivity contribution is 6.00. The van der Waals surface area contributed by atoms with Gasteiger partial charge < -0.3 is 20.7 Å². The van der Waals surface area contributed by atoms with E-state index in [1.165, 1.54) is 0 Å². The number of nitrogens with two attached hydrogens (primary N) is 1. The van der Waals surface area contributed by atoms with Crippen molar-refractivity contribution in [1.29, 1.82) is 0 Å². The summed E-state index contributed by atoms with van der Waals surface area (Å²) in [7, 11) is 1.56. The zero-order valence-electron chi connectivity index (χ0n) is 14.2. The second kappa shape index (κ2) is 9.43.